The number of fused-ring (bicyclic) bond motifs is 6. The predicted molar refractivity (Wildman–Crippen MR) is 223 cm³/mol. The topological polar surface area (TPSA) is 312 Å². The molecule has 347 valence electrons. The first-order chi connectivity index (χ1) is 28.6. The summed E-state index contributed by atoms with van der Waals surface area (Å²) in [4.78, 5) is 103. The molecular weight excluding hydrogens is 867 g/mol. The van der Waals surface area contributed by atoms with Crippen LogP contribution in [0.1, 0.15) is 126 Å². The molecule has 0 spiro atoms. The van der Waals surface area contributed by atoms with E-state index in [-0.39, 0.29) is 73.1 Å². The molecule has 0 saturated carbocycles. The maximum atomic E-state index is 13.0. The molecule has 9 atom stereocenters. The zero-order chi connectivity index (χ0) is 46.5. The van der Waals surface area contributed by atoms with Gasteiger partial charge in [0.05, 0.1) is 24.8 Å². The van der Waals surface area contributed by atoms with Crippen LogP contribution < -0.4 is 0 Å². The summed E-state index contributed by atoms with van der Waals surface area (Å²) >= 11 is 0. The molecule has 1 unspecified atom stereocenters. The summed E-state index contributed by atoms with van der Waals surface area (Å²) < 4.78 is 0. The number of rotatable bonds is 18. The van der Waals surface area contributed by atoms with Crippen molar-refractivity contribution in [2.45, 2.75) is 143 Å². The number of hydrogen-bond acceptors (Lipinski definition) is 10. The van der Waals surface area contributed by atoms with Gasteiger partial charge in [-0.25, -0.2) is 0 Å². The van der Waals surface area contributed by atoms with E-state index in [2.05, 4.69) is 0 Å². The Bertz CT molecular complexity index is 2190. The van der Waals surface area contributed by atoms with Crippen LogP contribution in [0.5, 0.6) is 0 Å². The quantitative estimate of drug-likeness (QED) is 0.0799. The molecule has 1 radical (unpaired) electrons. The van der Waals surface area contributed by atoms with Crippen LogP contribution >= 0.6 is 0 Å². The van der Waals surface area contributed by atoms with Gasteiger partial charge in [-0.3, -0.25) is 48.5 Å². The van der Waals surface area contributed by atoms with Gasteiger partial charge < -0.3 is 41.1 Å². The first kappa shape index (κ1) is 50.5. The van der Waals surface area contributed by atoms with Gasteiger partial charge in [0, 0.05) is 100 Å². The van der Waals surface area contributed by atoms with Crippen LogP contribution in [-0.2, 0) is 50.3 Å². The van der Waals surface area contributed by atoms with Crippen LogP contribution in [0.3, 0.4) is 0 Å². The van der Waals surface area contributed by atoms with E-state index in [4.69, 9.17) is 20.3 Å². The smallest absolute Gasteiger partial charge is 0.304 e. The van der Waals surface area contributed by atoms with Gasteiger partial charge in [-0.2, -0.15) is 5.70 Å². The Hall–Kier alpha value is -5.17. The van der Waals surface area contributed by atoms with Crippen LogP contribution in [0.25, 0.3) is 5.32 Å². The normalized spacial score (nSPS) is 34.0. The van der Waals surface area contributed by atoms with E-state index in [1.807, 2.05) is 6.92 Å². The second-order valence-corrected chi connectivity index (χ2v) is 18.7. The second-order valence-electron chi connectivity index (χ2n) is 18.7. The Labute approximate surface area is 375 Å². The van der Waals surface area contributed by atoms with E-state index in [1.165, 1.54) is 0 Å². The molecule has 1 saturated heterocycles. The van der Waals surface area contributed by atoms with E-state index < -0.39 is 125 Å². The summed E-state index contributed by atoms with van der Waals surface area (Å²) in [5, 5.41) is 76.4. The number of allylic oxidation sites excluding steroid dienone is 4. The average Bonchev–Trinajstić information content (AvgIpc) is 3.72. The van der Waals surface area contributed by atoms with Crippen molar-refractivity contribution < 1.29 is 86.1 Å². The molecule has 5 aliphatic heterocycles. The fraction of sp³-hybridized carbons (Fsp3) is 0.636. The van der Waals surface area contributed by atoms with Gasteiger partial charge in [-0.1, -0.05) is 39.3 Å². The number of carbonyl (C=O) groups is 7. The standard InChI is InChI=1S/C44H58N4O14.Co/c1-21-37-23(8-11-30(49)50)22(2)43(6,48-37)18-28-24(9-12-31(51)52)41(4,19-35(59)60)29(45-28)17-27-25(10-13-32(53)54)42(5,20-36(61)62)44(7,47-27)39-26(16-34(57)58)40(3,38(21)46-39)15-14-33(55)56;/h17,21,25-26,39H,8-16,18-20H2,1-7H3,(H8,45,47,49,50,51,52,53,54,55,56,57,58,59,60,61,62);/p-1/t21?,25-,26+,39-,40-,41+,42+,43+,44+;/m1./s1. The van der Waals surface area contributed by atoms with Crippen molar-refractivity contribution in [3.8, 4) is 0 Å². The van der Waals surface area contributed by atoms with Gasteiger partial charge in [0.2, 0.25) is 0 Å². The number of carboxylic acid groups (broad SMARTS) is 7. The van der Waals surface area contributed by atoms with Gasteiger partial charge in [-0.15, -0.1) is 0 Å². The fourth-order valence-electron chi connectivity index (χ4n) is 11.2. The van der Waals surface area contributed by atoms with Crippen molar-refractivity contribution in [1.82, 2.24) is 0 Å². The molecule has 0 aliphatic carbocycles. The Balaban J connectivity index is 0.00000871. The van der Waals surface area contributed by atoms with Gasteiger partial charge in [0.15, 0.2) is 0 Å². The van der Waals surface area contributed by atoms with E-state index >= 15 is 0 Å². The van der Waals surface area contributed by atoms with Crippen LogP contribution in [0, 0.1) is 34.0 Å². The van der Waals surface area contributed by atoms with Crippen molar-refractivity contribution in [2.75, 3.05) is 0 Å². The summed E-state index contributed by atoms with van der Waals surface area (Å²) in [5.74, 6) is -11.0. The number of carboxylic acids is 7. The third-order valence-electron chi connectivity index (χ3n) is 14.8. The van der Waals surface area contributed by atoms with Gasteiger partial charge in [0.25, 0.3) is 0 Å². The SMILES string of the molecule is CC1=C(CCC(=O)O)C2=N[C@@]1(C)CC1=C(CCC(=O)O)[C@](C)(CC(=O)O)C(=N1)/C=C1\[N-][C@@](C)([C@@H]3N=C(C2C)[C@](C)(CCC(=O)O)[C@H]3CC(=O)O)[C@@](C)(CC(=O)O)[C@@H]1CCC(=O)O.[Co]. The minimum atomic E-state index is -1.62. The Morgan fingerprint density at radius 3 is 1.87 bits per heavy atom. The molecule has 8 bridgehead atoms. The Kier molecular flexibility index (Phi) is 14.5. The number of aliphatic carboxylic acids is 7. The van der Waals surface area contributed by atoms with Gasteiger partial charge in [-0.05, 0) is 74.5 Å². The Morgan fingerprint density at radius 2 is 1.33 bits per heavy atom. The number of hydrogen-bond donors (Lipinski definition) is 7. The molecule has 18 nitrogen and oxygen atoms in total. The fourth-order valence-corrected chi connectivity index (χ4v) is 11.2. The van der Waals surface area contributed by atoms with Gasteiger partial charge in [0.1, 0.15) is 0 Å². The molecule has 0 amide bonds. The zero-order valence-corrected chi connectivity index (χ0v) is 37.5. The molecule has 5 heterocycles. The third-order valence-corrected chi connectivity index (χ3v) is 14.8. The van der Waals surface area contributed by atoms with Gasteiger partial charge >= 0.3 is 41.8 Å². The predicted octanol–water partition coefficient (Wildman–Crippen LogP) is 6.25. The monoisotopic (exact) mass is 924 g/mol. The van der Waals surface area contributed by atoms with Crippen molar-refractivity contribution in [2.24, 2.45) is 49.0 Å². The van der Waals surface area contributed by atoms with E-state index in [9.17, 15) is 69.3 Å². The maximum absolute atomic E-state index is 13.0. The molecular formula is C44H57CoN4O14-. The maximum Gasteiger partial charge on any atom is 0.304 e. The average molecular weight is 925 g/mol. The van der Waals surface area contributed by atoms with Crippen molar-refractivity contribution in [3.05, 3.63) is 39.5 Å². The Morgan fingerprint density at radius 1 is 0.762 bits per heavy atom. The van der Waals surface area contributed by atoms with Crippen molar-refractivity contribution >= 4 is 58.9 Å². The second kappa shape index (κ2) is 18.1. The van der Waals surface area contributed by atoms with Crippen LogP contribution in [-0.4, -0.2) is 112 Å². The summed E-state index contributed by atoms with van der Waals surface area (Å²) in [6, 6.07) is -1.14. The summed E-state index contributed by atoms with van der Waals surface area (Å²) in [5.41, 5.74) is -3.78. The van der Waals surface area contributed by atoms with Crippen molar-refractivity contribution in [3.63, 3.8) is 0 Å². The summed E-state index contributed by atoms with van der Waals surface area (Å²) in [6.45, 7) is 12.1. The molecule has 5 aliphatic rings. The van der Waals surface area contributed by atoms with Crippen LogP contribution in [0.15, 0.2) is 49.2 Å². The third kappa shape index (κ3) is 9.26. The van der Waals surface area contributed by atoms with E-state index in [0.29, 0.717) is 33.8 Å². The number of nitrogens with zero attached hydrogens (tertiary/aromatic N) is 4. The largest absolute Gasteiger partial charge is 0.680 e. The van der Waals surface area contributed by atoms with E-state index in [0.717, 1.165) is 0 Å². The van der Waals surface area contributed by atoms with Crippen LogP contribution in [0.4, 0.5) is 0 Å². The molecule has 0 aromatic heterocycles. The summed E-state index contributed by atoms with van der Waals surface area (Å²) in [7, 11) is 0. The minimum absolute atomic E-state index is 0. The van der Waals surface area contributed by atoms with Crippen molar-refractivity contribution in [1.29, 1.82) is 0 Å². The molecule has 5 rings (SSSR count). The number of aliphatic imine (C=N–C) groups is 3. The summed E-state index contributed by atoms with van der Waals surface area (Å²) in [6.07, 6.45) is -1.90. The molecule has 1 fully saturated rings. The molecule has 7 N–H and O–H groups in total. The molecule has 19 heteroatoms. The van der Waals surface area contributed by atoms with Crippen LogP contribution in [0.2, 0.25) is 0 Å². The first-order valence-electron chi connectivity index (χ1n) is 20.8. The molecule has 63 heavy (non-hydrogen) atoms. The molecule has 0 aromatic carbocycles. The first-order valence-corrected chi connectivity index (χ1v) is 20.8. The molecule has 0 aromatic rings. The van der Waals surface area contributed by atoms with E-state index in [1.54, 1.807) is 47.6 Å². The minimum Gasteiger partial charge on any atom is -0.680 e. The zero-order valence-electron chi connectivity index (χ0n) is 36.5.